The van der Waals surface area contributed by atoms with Crippen LogP contribution in [0.15, 0.2) is 48.3 Å². The Morgan fingerprint density at radius 1 is 1.11 bits per heavy atom. The van der Waals surface area contributed by atoms with Crippen molar-refractivity contribution in [1.82, 2.24) is 14.8 Å². The van der Waals surface area contributed by atoms with Gasteiger partial charge < -0.3 is 10.2 Å². The Labute approximate surface area is 160 Å². The summed E-state index contributed by atoms with van der Waals surface area (Å²) in [4.78, 5) is 31.9. The second kappa shape index (κ2) is 7.47. The Hall–Kier alpha value is -3.13. The molecule has 3 heterocycles. The standard InChI is InChI=1S/C20H18F2N4O2/c21-15-7-14(8-16(22)10-15)13-3-4-23-18(9-13)24-19(27)12-25-5-6-26-17(11-25)1-2-20(26)28/h1,3-4,7-10H,2,5-6,11-12H2,(H,23,24,27). The Morgan fingerprint density at radius 2 is 1.89 bits per heavy atom. The number of benzene rings is 1. The number of halogens is 2. The highest BCUT2D eigenvalue weighted by atomic mass is 19.1. The van der Waals surface area contributed by atoms with Crippen LogP contribution in [0.25, 0.3) is 11.1 Å². The lowest BCUT2D eigenvalue weighted by Gasteiger charge is -2.33. The van der Waals surface area contributed by atoms with Gasteiger partial charge in [-0.25, -0.2) is 13.8 Å². The number of carbonyl (C=O) groups excluding carboxylic acids is 2. The van der Waals surface area contributed by atoms with E-state index in [0.29, 0.717) is 43.0 Å². The van der Waals surface area contributed by atoms with Crippen molar-refractivity contribution in [3.63, 3.8) is 0 Å². The third kappa shape index (κ3) is 3.91. The monoisotopic (exact) mass is 384 g/mol. The number of amides is 2. The maximum atomic E-state index is 13.4. The van der Waals surface area contributed by atoms with E-state index in [2.05, 4.69) is 10.3 Å². The molecule has 0 radical (unpaired) electrons. The molecule has 0 saturated carbocycles. The van der Waals surface area contributed by atoms with Crippen LogP contribution in [0, 0.1) is 11.6 Å². The molecule has 0 unspecified atom stereocenters. The highest BCUT2D eigenvalue weighted by Crippen LogP contribution is 2.24. The number of nitrogens with zero attached hydrogens (tertiary/aromatic N) is 3. The topological polar surface area (TPSA) is 65.5 Å². The third-order valence-electron chi connectivity index (χ3n) is 4.78. The zero-order valence-corrected chi connectivity index (χ0v) is 15.0. The number of piperazine rings is 1. The third-order valence-corrected chi connectivity index (χ3v) is 4.78. The van der Waals surface area contributed by atoms with Gasteiger partial charge in [0, 0.05) is 44.0 Å². The number of nitrogens with one attached hydrogen (secondary N) is 1. The largest absolute Gasteiger partial charge is 0.314 e. The Morgan fingerprint density at radius 3 is 2.68 bits per heavy atom. The van der Waals surface area contributed by atoms with E-state index in [1.54, 1.807) is 17.0 Å². The fourth-order valence-corrected chi connectivity index (χ4v) is 3.47. The van der Waals surface area contributed by atoms with Crippen LogP contribution in [-0.4, -0.2) is 52.8 Å². The smallest absolute Gasteiger partial charge is 0.239 e. The lowest BCUT2D eigenvalue weighted by atomic mass is 10.1. The van der Waals surface area contributed by atoms with Gasteiger partial charge in [0.1, 0.15) is 17.5 Å². The van der Waals surface area contributed by atoms with E-state index < -0.39 is 11.6 Å². The van der Waals surface area contributed by atoms with Crippen LogP contribution >= 0.6 is 0 Å². The zero-order valence-electron chi connectivity index (χ0n) is 15.0. The van der Waals surface area contributed by atoms with Gasteiger partial charge in [-0.3, -0.25) is 14.5 Å². The maximum Gasteiger partial charge on any atom is 0.239 e. The molecule has 2 aliphatic rings. The second-order valence-electron chi connectivity index (χ2n) is 6.79. The molecule has 2 aliphatic heterocycles. The summed E-state index contributed by atoms with van der Waals surface area (Å²) in [5, 5.41) is 2.72. The lowest BCUT2D eigenvalue weighted by Crippen LogP contribution is -2.47. The van der Waals surface area contributed by atoms with E-state index >= 15 is 0 Å². The molecule has 8 heteroatoms. The second-order valence-corrected chi connectivity index (χ2v) is 6.79. The van der Waals surface area contributed by atoms with Crippen LogP contribution in [0.3, 0.4) is 0 Å². The van der Waals surface area contributed by atoms with Gasteiger partial charge in [-0.15, -0.1) is 0 Å². The number of hydrogen-bond donors (Lipinski definition) is 1. The van der Waals surface area contributed by atoms with Crippen molar-refractivity contribution < 1.29 is 18.4 Å². The van der Waals surface area contributed by atoms with Gasteiger partial charge in [0.05, 0.1) is 6.54 Å². The molecule has 2 aromatic rings. The average molecular weight is 384 g/mol. The fourth-order valence-electron chi connectivity index (χ4n) is 3.47. The summed E-state index contributed by atoms with van der Waals surface area (Å²) in [6.07, 6.45) is 3.80. The van der Waals surface area contributed by atoms with Crippen LogP contribution in [0.4, 0.5) is 14.6 Å². The summed E-state index contributed by atoms with van der Waals surface area (Å²) in [5.74, 6) is -1.17. The number of anilines is 1. The Bertz CT molecular complexity index is 956. The van der Waals surface area contributed by atoms with E-state index in [1.807, 2.05) is 11.0 Å². The van der Waals surface area contributed by atoms with E-state index in [4.69, 9.17) is 0 Å². The minimum atomic E-state index is -0.670. The zero-order chi connectivity index (χ0) is 19.7. The number of hydrogen-bond acceptors (Lipinski definition) is 4. The predicted octanol–water partition coefficient (Wildman–Crippen LogP) is 2.40. The highest BCUT2D eigenvalue weighted by molar-refractivity contribution is 5.92. The van der Waals surface area contributed by atoms with Gasteiger partial charge >= 0.3 is 0 Å². The van der Waals surface area contributed by atoms with Crippen molar-refractivity contribution in [3.8, 4) is 11.1 Å². The maximum absolute atomic E-state index is 13.4. The van der Waals surface area contributed by atoms with Crippen molar-refractivity contribution >= 4 is 17.6 Å². The number of fused-ring (bicyclic) bond motifs is 1. The van der Waals surface area contributed by atoms with Gasteiger partial charge in [-0.05, 0) is 35.4 Å². The lowest BCUT2D eigenvalue weighted by molar-refractivity contribution is -0.128. The Balaban J connectivity index is 1.40. The first-order valence-corrected chi connectivity index (χ1v) is 8.92. The molecule has 0 bridgehead atoms. The molecule has 4 rings (SSSR count). The predicted molar refractivity (Wildman–Crippen MR) is 99.1 cm³/mol. The first-order chi connectivity index (χ1) is 13.5. The highest BCUT2D eigenvalue weighted by Gasteiger charge is 2.29. The van der Waals surface area contributed by atoms with E-state index in [-0.39, 0.29) is 18.4 Å². The van der Waals surface area contributed by atoms with E-state index in [1.165, 1.54) is 18.3 Å². The SMILES string of the molecule is O=C(CN1CCN2C(=O)CC=C2C1)Nc1cc(-c2cc(F)cc(F)c2)ccn1. The average Bonchev–Trinajstić information content (AvgIpc) is 3.01. The minimum absolute atomic E-state index is 0.105. The molecule has 6 nitrogen and oxygen atoms in total. The molecule has 0 aliphatic carbocycles. The molecule has 1 aromatic carbocycles. The first kappa shape index (κ1) is 18.2. The number of aromatic nitrogens is 1. The van der Waals surface area contributed by atoms with Crippen LogP contribution in [-0.2, 0) is 9.59 Å². The summed E-state index contributed by atoms with van der Waals surface area (Å²) in [6, 6.07) is 6.44. The summed E-state index contributed by atoms with van der Waals surface area (Å²) < 4.78 is 26.9. The molecule has 0 spiro atoms. The van der Waals surface area contributed by atoms with Crippen molar-refractivity contribution in [2.75, 3.05) is 31.5 Å². The van der Waals surface area contributed by atoms with E-state index in [9.17, 15) is 18.4 Å². The molecule has 1 N–H and O–H groups in total. The quantitative estimate of drug-likeness (QED) is 0.879. The summed E-state index contributed by atoms with van der Waals surface area (Å²) in [7, 11) is 0. The molecular weight excluding hydrogens is 366 g/mol. The van der Waals surface area contributed by atoms with Crippen molar-refractivity contribution in [2.24, 2.45) is 0 Å². The molecule has 28 heavy (non-hydrogen) atoms. The number of carbonyl (C=O) groups is 2. The van der Waals surface area contributed by atoms with Crippen LogP contribution in [0.2, 0.25) is 0 Å². The van der Waals surface area contributed by atoms with Gasteiger partial charge in [0.25, 0.3) is 0 Å². The number of pyridine rings is 1. The molecule has 1 aromatic heterocycles. The summed E-state index contributed by atoms with van der Waals surface area (Å²) >= 11 is 0. The molecule has 144 valence electrons. The first-order valence-electron chi connectivity index (χ1n) is 8.92. The number of rotatable bonds is 4. The van der Waals surface area contributed by atoms with Gasteiger partial charge in [0.15, 0.2) is 0 Å². The molecule has 1 fully saturated rings. The molecule has 1 saturated heterocycles. The Kier molecular flexibility index (Phi) is 4.87. The van der Waals surface area contributed by atoms with E-state index in [0.717, 1.165) is 11.8 Å². The van der Waals surface area contributed by atoms with Crippen LogP contribution in [0.1, 0.15) is 6.42 Å². The molecular formula is C20H18F2N4O2. The van der Waals surface area contributed by atoms with Crippen molar-refractivity contribution in [1.29, 1.82) is 0 Å². The normalized spacial score (nSPS) is 16.7. The van der Waals surface area contributed by atoms with Crippen LogP contribution in [0.5, 0.6) is 0 Å². The van der Waals surface area contributed by atoms with Crippen molar-refractivity contribution in [2.45, 2.75) is 6.42 Å². The minimum Gasteiger partial charge on any atom is -0.314 e. The summed E-state index contributed by atoms with van der Waals surface area (Å²) in [6.45, 7) is 1.92. The van der Waals surface area contributed by atoms with Gasteiger partial charge in [-0.1, -0.05) is 6.08 Å². The molecule has 2 amide bonds. The molecule has 0 atom stereocenters. The summed E-state index contributed by atoms with van der Waals surface area (Å²) in [5.41, 5.74) is 1.86. The van der Waals surface area contributed by atoms with Crippen molar-refractivity contribution in [3.05, 3.63) is 59.9 Å². The fraction of sp³-hybridized carbons (Fsp3) is 0.250. The van der Waals surface area contributed by atoms with Gasteiger partial charge in [-0.2, -0.15) is 0 Å². The van der Waals surface area contributed by atoms with Crippen LogP contribution < -0.4 is 5.32 Å². The van der Waals surface area contributed by atoms with Gasteiger partial charge in [0.2, 0.25) is 11.8 Å².